The Kier molecular flexibility index (Phi) is 3.47. The van der Waals surface area contributed by atoms with Gasteiger partial charge in [-0.05, 0) is 6.07 Å². The van der Waals surface area contributed by atoms with Crippen molar-refractivity contribution in [3.05, 3.63) is 29.4 Å². The lowest BCUT2D eigenvalue weighted by Gasteiger charge is -2.07. The van der Waals surface area contributed by atoms with Crippen molar-refractivity contribution < 1.29 is 23.5 Å². The van der Waals surface area contributed by atoms with E-state index in [0.717, 1.165) is 0 Å². The standard InChI is InChI=1S/C14H14N2O5/c1-8(2)14-15-13(16-21-14)6-18-10-4-12-11(19-7-20-12)3-9(10)5-17/h3-5,8H,6-7H2,1-2H3. The molecule has 21 heavy (non-hydrogen) atoms. The number of ether oxygens (including phenoxy) is 3. The largest absolute Gasteiger partial charge is 0.485 e. The molecule has 0 radical (unpaired) electrons. The molecule has 7 heteroatoms. The lowest BCUT2D eigenvalue weighted by molar-refractivity contribution is 0.111. The van der Waals surface area contributed by atoms with Crippen molar-refractivity contribution >= 4 is 6.29 Å². The smallest absolute Gasteiger partial charge is 0.231 e. The van der Waals surface area contributed by atoms with Crippen LogP contribution in [0.4, 0.5) is 0 Å². The number of nitrogens with zero attached hydrogens (tertiary/aromatic N) is 2. The zero-order chi connectivity index (χ0) is 14.8. The van der Waals surface area contributed by atoms with Gasteiger partial charge >= 0.3 is 0 Å². The topological polar surface area (TPSA) is 83.7 Å². The van der Waals surface area contributed by atoms with E-state index in [1.165, 1.54) is 0 Å². The Morgan fingerprint density at radius 2 is 2.10 bits per heavy atom. The van der Waals surface area contributed by atoms with Crippen molar-refractivity contribution in [2.75, 3.05) is 6.79 Å². The molecule has 1 aliphatic heterocycles. The molecular weight excluding hydrogens is 276 g/mol. The molecule has 0 fully saturated rings. The molecule has 0 saturated carbocycles. The van der Waals surface area contributed by atoms with Crippen molar-refractivity contribution in [1.82, 2.24) is 10.1 Å². The molecule has 0 spiro atoms. The number of carbonyl (C=O) groups is 1. The van der Waals surface area contributed by atoms with Crippen molar-refractivity contribution in [3.63, 3.8) is 0 Å². The second-order valence-electron chi connectivity index (χ2n) is 4.85. The Morgan fingerprint density at radius 3 is 2.76 bits per heavy atom. The van der Waals surface area contributed by atoms with Crippen LogP contribution >= 0.6 is 0 Å². The van der Waals surface area contributed by atoms with Gasteiger partial charge in [-0.15, -0.1) is 0 Å². The minimum atomic E-state index is 0.108. The molecule has 0 atom stereocenters. The third-order valence-corrected chi connectivity index (χ3v) is 2.97. The maximum absolute atomic E-state index is 11.1. The number of carbonyl (C=O) groups excluding carboxylic acids is 1. The normalized spacial score (nSPS) is 12.7. The third-order valence-electron chi connectivity index (χ3n) is 2.97. The van der Waals surface area contributed by atoms with Gasteiger partial charge in [-0.2, -0.15) is 4.98 Å². The van der Waals surface area contributed by atoms with E-state index in [2.05, 4.69) is 10.1 Å². The molecule has 2 heterocycles. The number of benzene rings is 1. The van der Waals surface area contributed by atoms with Crippen LogP contribution in [0.3, 0.4) is 0 Å². The summed E-state index contributed by atoms with van der Waals surface area (Å²) in [4.78, 5) is 15.3. The lowest BCUT2D eigenvalue weighted by Crippen LogP contribution is -2.00. The minimum Gasteiger partial charge on any atom is -0.485 e. The Bertz CT molecular complexity index is 665. The van der Waals surface area contributed by atoms with Crippen LogP contribution in [0.15, 0.2) is 16.7 Å². The van der Waals surface area contributed by atoms with Crippen LogP contribution in [0, 0.1) is 0 Å². The Hall–Kier alpha value is -2.57. The fourth-order valence-corrected chi connectivity index (χ4v) is 1.86. The van der Waals surface area contributed by atoms with Gasteiger partial charge < -0.3 is 18.7 Å². The van der Waals surface area contributed by atoms with Crippen LogP contribution < -0.4 is 14.2 Å². The first-order valence-corrected chi connectivity index (χ1v) is 6.51. The van der Waals surface area contributed by atoms with Crippen LogP contribution in [0.5, 0.6) is 17.2 Å². The first-order valence-electron chi connectivity index (χ1n) is 6.51. The molecule has 2 aromatic rings. The highest BCUT2D eigenvalue weighted by atomic mass is 16.7. The molecule has 3 rings (SSSR count). The second kappa shape index (κ2) is 5.43. The second-order valence-corrected chi connectivity index (χ2v) is 4.85. The van der Waals surface area contributed by atoms with Crippen LogP contribution in [0.25, 0.3) is 0 Å². The van der Waals surface area contributed by atoms with Gasteiger partial charge in [-0.3, -0.25) is 4.79 Å². The summed E-state index contributed by atoms with van der Waals surface area (Å²) in [6.45, 7) is 4.16. The molecule has 7 nitrogen and oxygen atoms in total. The summed E-state index contributed by atoms with van der Waals surface area (Å²) < 4.78 is 21.1. The highest BCUT2D eigenvalue weighted by Gasteiger charge is 2.18. The molecule has 0 saturated heterocycles. The summed E-state index contributed by atoms with van der Waals surface area (Å²) in [5, 5.41) is 3.83. The summed E-state index contributed by atoms with van der Waals surface area (Å²) in [6, 6.07) is 3.20. The molecule has 0 aliphatic carbocycles. The van der Waals surface area contributed by atoms with E-state index in [9.17, 15) is 4.79 Å². The van der Waals surface area contributed by atoms with E-state index in [1.54, 1.807) is 12.1 Å². The van der Waals surface area contributed by atoms with Gasteiger partial charge in [0.2, 0.25) is 18.5 Å². The zero-order valence-corrected chi connectivity index (χ0v) is 11.7. The van der Waals surface area contributed by atoms with Crippen LogP contribution in [0.2, 0.25) is 0 Å². The van der Waals surface area contributed by atoms with E-state index < -0.39 is 0 Å². The van der Waals surface area contributed by atoms with E-state index in [4.69, 9.17) is 18.7 Å². The first kappa shape index (κ1) is 13.4. The molecule has 0 bridgehead atoms. The van der Waals surface area contributed by atoms with Crippen LogP contribution in [-0.2, 0) is 6.61 Å². The lowest BCUT2D eigenvalue weighted by atomic mass is 10.2. The predicted octanol–water partition coefficient (Wildman–Crippen LogP) is 2.31. The fourth-order valence-electron chi connectivity index (χ4n) is 1.86. The Labute approximate surface area is 120 Å². The first-order chi connectivity index (χ1) is 10.2. The number of hydrogen-bond acceptors (Lipinski definition) is 7. The molecule has 0 N–H and O–H groups in total. The quantitative estimate of drug-likeness (QED) is 0.781. The molecule has 1 aromatic heterocycles. The van der Waals surface area contributed by atoms with Gasteiger partial charge in [0, 0.05) is 12.0 Å². The van der Waals surface area contributed by atoms with E-state index in [0.29, 0.717) is 40.8 Å². The molecule has 0 unspecified atom stereocenters. The molecule has 1 aromatic carbocycles. The molecule has 0 amide bonds. The fraction of sp³-hybridized carbons (Fsp3) is 0.357. The summed E-state index contributed by atoms with van der Waals surface area (Å²) >= 11 is 0. The Balaban J connectivity index is 1.76. The summed E-state index contributed by atoms with van der Waals surface area (Å²) in [7, 11) is 0. The minimum absolute atomic E-state index is 0.108. The number of aldehydes is 1. The van der Waals surface area contributed by atoms with E-state index in [-0.39, 0.29) is 19.3 Å². The maximum atomic E-state index is 11.1. The van der Waals surface area contributed by atoms with Gasteiger partial charge in [-0.25, -0.2) is 0 Å². The van der Waals surface area contributed by atoms with Crippen molar-refractivity contribution in [1.29, 1.82) is 0 Å². The number of fused-ring (bicyclic) bond motifs is 1. The summed E-state index contributed by atoms with van der Waals surface area (Å²) in [6.07, 6.45) is 0.701. The van der Waals surface area contributed by atoms with Crippen molar-refractivity contribution in [2.45, 2.75) is 26.4 Å². The van der Waals surface area contributed by atoms with Gasteiger partial charge in [0.25, 0.3) is 0 Å². The monoisotopic (exact) mass is 290 g/mol. The van der Waals surface area contributed by atoms with Gasteiger partial charge in [-0.1, -0.05) is 19.0 Å². The average molecular weight is 290 g/mol. The maximum Gasteiger partial charge on any atom is 0.231 e. The van der Waals surface area contributed by atoms with Crippen molar-refractivity contribution in [2.24, 2.45) is 0 Å². The molecular formula is C14H14N2O5. The SMILES string of the molecule is CC(C)c1nc(COc2cc3c(cc2C=O)OCO3)no1. The highest BCUT2D eigenvalue weighted by molar-refractivity contribution is 5.81. The number of aromatic nitrogens is 2. The molecule has 110 valence electrons. The highest BCUT2D eigenvalue weighted by Crippen LogP contribution is 2.37. The number of hydrogen-bond donors (Lipinski definition) is 0. The predicted molar refractivity (Wildman–Crippen MR) is 70.7 cm³/mol. The zero-order valence-electron chi connectivity index (χ0n) is 11.7. The van der Waals surface area contributed by atoms with Gasteiger partial charge in [0.1, 0.15) is 5.75 Å². The van der Waals surface area contributed by atoms with Gasteiger partial charge in [0.05, 0.1) is 5.56 Å². The van der Waals surface area contributed by atoms with E-state index >= 15 is 0 Å². The Morgan fingerprint density at radius 1 is 1.33 bits per heavy atom. The van der Waals surface area contributed by atoms with Crippen LogP contribution in [-0.4, -0.2) is 23.2 Å². The van der Waals surface area contributed by atoms with E-state index in [1.807, 2.05) is 13.8 Å². The summed E-state index contributed by atoms with van der Waals surface area (Å²) in [5.41, 5.74) is 0.381. The molecule has 1 aliphatic rings. The average Bonchev–Trinajstić information content (AvgIpc) is 3.12. The summed E-state index contributed by atoms with van der Waals surface area (Å²) in [5.74, 6) is 2.60. The van der Waals surface area contributed by atoms with Gasteiger partial charge in [0.15, 0.2) is 24.4 Å². The van der Waals surface area contributed by atoms with Crippen molar-refractivity contribution in [3.8, 4) is 17.2 Å². The van der Waals surface area contributed by atoms with Crippen LogP contribution in [0.1, 0.15) is 41.8 Å². The number of rotatable bonds is 5. The third kappa shape index (κ3) is 2.67.